The number of aryl methyl sites for hydroxylation is 3. The van der Waals surface area contributed by atoms with Gasteiger partial charge in [0.1, 0.15) is 5.82 Å². The summed E-state index contributed by atoms with van der Waals surface area (Å²) in [6.07, 6.45) is 10.9. The molecule has 14 nitrogen and oxygen atoms in total. The lowest BCUT2D eigenvalue weighted by molar-refractivity contribution is -0.137. The number of anilines is 2. The number of hydrogen-bond donors (Lipinski definition) is 4. The first-order chi connectivity index (χ1) is 29.1. The molecule has 60 heavy (non-hydrogen) atoms. The standard InChI is InChI=1S/C46H66N10O4/c1-31-22-32(2)56(51-31)40-25-37(38(26-45(58)59)29-52-17-14-33(28-52)30-60-43-13-10-34-6-5-15-49-46(34)50-43)24-39(27-40)53-18-20-54(21-19-53)44(57)7-3-4-16-55(48)42-12-9-36-23-35(36)8-11-41(42)47/h10,13,22,24-25,27,33,35-36,38H,3-9,11-12,14-21,23,26,28-30,47-48H2,1-2H3,(H,49,50)(H,58,59)/b42-41-. The van der Waals surface area contributed by atoms with Gasteiger partial charge in [0.25, 0.3) is 0 Å². The largest absolute Gasteiger partial charge is 0.481 e. The van der Waals surface area contributed by atoms with Crippen molar-refractivity contribution in [1.82, 2.24) is 29.6 Å². The van der Waals surface area contributed by atoms with Crippen LogP contribution in [0.1, 0.15) is 99.1 Å². The highest BCUT2D eigenvalue weighted by atomic mass is 16.5. The molecule has 3 fully saturated rings. The van der Waals surface area contributed by atoms with Gasteiger partial charge in [-0.2, -0.15) is 10.1 Å². The zero-order valence-corrected chi connectivity index (χ0v) is 35.8. The van der Waals surface area contributed by atoms with Gasteiger partial charge in [-0.1, -0.05) is 0 Å². The van der Waals surface area contributed by atoms with Crippen LogP contribution < -0.4 is 26.5 Å². The van der Waals surface area contributed by atoms with E-state index in [-0.39, 0.29) is 18.2 Å². The number of fused-ring (bicyclic) bond motifs is 2. The number of nitrogens with one attached hydrogen (secondary N) is 1. The third-order valence-electron chi connectivity index (χ3n) is 13.6. The topological polar surface area (TPSA) is 171 Å². The molecule has 0 radical (unpaired) electrons. The van der Waals surface area contributed by atoms with Crippen molar-refractivity contribution in [2.24, 2.45) is 29.3 Å². The van der Waals surface area contributed by atoms with E-state index in [1.165, 1.54) is 24.8 Å². The zero-order valence-electron chi connectivity index (χ0n) is 35.8. The summed E-state index contributed by atoms with van der Waals surface area (Å²) >= 11 is 0. The molecule has 4 atom stereocenters. The minimum atomic E-state index is -0.812. The van der Waals surface area contributed by atoms with E-state index in [2.05, 4.69) is 45.4 Å². The lowest BCUT2D eigenvalue weighted by Gasteiger charge is -2.37. The minimum Gasteiger partial charge on any atom is -0.481 e. The van der Waals surface area contributed by atoms with Crippen LogP contribution in [0, 0.1) is 31.6 Å². The molecule has 6 N–H and O–H groups in total. The van der Waals surface area contributed by atoms with Gasteiger partial charge in [0.05, 0.1) is 24.4 Å². The van der Waals surface area contributed by atoms with Crippen molar-refractivity contribution in [1.29, 1.82) is 0 Å². The van der Waals surface area contributed by atoms with E-state index in [9.17, 15) is 14.7 Å². The predicted molar refractivity (Wildman–Crippen MR) is 234 cm³/mol. The number of hydrogen-bond acceptors (Lipinski definition) is 11. The summed E-state index contributed by atoms with van der Waals surface area (Å²) in [5, 5.41) is 20.2. The Labute approximate surface area is 355 Å². The van der Waals surface area contributed by atoms with Crippen LogP contribution in [-0.2, 0) is 16.0 Å². The van der Waals surface area contributed by atoms with Crippen LogP contribution >= 0.6 is 0 Å². The van der Waals surface area contributed by atoms with Crippen LogP contribution in [0.5, 0.6) is 5.88 Å². The number of amides is 1. The van der Waals surface area contributed by atoms with Gasteiger partial charge in [-0.15, -0.1) is 0 Å². The molecule has 8 rings (SSSR count). The molecule has 14 heteroatoms. The molecule has 1 aromatic carbocycles. The van der Waals surface area contributed by atoms with Gasteiger partial charge >= 0.3 is 5.97 Å². The number of hydrazine groups is 1. The maximum Gasteiger partial charge on any atom is 0.304 e. The first kappa shape index (κ1) is 41.9. The summed E-state index contributed by atoms with van der Waals surface area (Å²) in [7, 11) is 0. The number of rotatable bonds is 16. The van der Waals surface area contributed by atoms with Crippen LogP contribution in [0.3, 0.4) is 0 Å². The number of likely N-dealkylation sites (tertiary alicyclic amines) is 1. The van der Waals surface area contributed by atoms with Gasteiger partial charge in [-0.05, 0) is 138 Å². The van der Waals surface area contributed by atoms with E-state index in [4.69, 9.17) is 26.4 Å². The van der Waals surface area contributed by atoms with E-state index in [0.29, 0.717) is 64.1 Å². The second-order valence-electron chi connectivity index (χ2n) is 18.2. The number of carbonyl (C=O) groups excluding carboxylic acids is 1. The van der Waals surface area contributed by atoms with Crippen LogP contribution in [-0.4, -0.2) is 112 Å². The summed E-state index contributed by atoms with van der Waals surface area (Å²) in [5.41, 5.74) is 14.6. The summed E-state index contributed by atoms with van der Waals surface area (Å²) in [6.45, 7) is 11.3. The summed E-state index contributed by atoms with van der Waals surface area (Å²) in [5.74, 6) is 9.30. The molecule has 3 aromatic rings. The zero-order chi connectivity index (χ0) is 41.8. The van der Waals surface area contributed by atoms with E-state index in [1.54, 1.807) is 0 Å². The number of aliphatic carboxylic acids is 1. The first-order valence-electron chi connectivity index (χ1n) is 22.6. The molecule has 1 saturated carbocycles. The van der Waals surface area contributed by atoms with Crippen molar-refractivity contribution in [3.63, 3.8) is 0 Å². The number of benzene rings is 1. The number of carbonyl (C=O) groups is 2. The number of nitrogens with zero attached hydrogens (tertiary/aromatic N) is 7. The van der Waals surface area contributed by atoms with Crippen LogP contribution in [0.25, 0.3) is 5.69 Å². The van der Waals surface area contributed by atoms with E-state index in [1.807, 2.05) is 34.5 Å². The summed E-state index contributed by atoms with van der Waals surface area (Å²) in [4.78, 5) is 37.2. The third-order valence-corrected chi connectivity index (χ3v) is 13.6. The Balaban J connectivity index is 0.878. The molecule has 0 spiro atoms. The monoisotopic (exact) mass is 823 g/mol. The normalized spacial score (nSPS) is 23.6. The molecular weight excluding hydrogens is 757 g/mol. The van der Waals surface area contributed by atoms with Crippen LogP contribution in [0.15, 0.2) is 47.8 Å². The highest BCUT2D eigenvalue weighted by Gasteiger charge is 2.38. The maximum atomic E-state index is 13.4. The Morgan fingerprint density at radius 3 is 2.57 bits per heavy atom. The highest BCUT2D eigenvalue weighted by Crippen LogP contribution is 2.47. The van der Waals surface area contributed by atoms with Crippen molar-refractivity contribution >= 4 is 23.4 Å². The first-order valence-corrected chi connectivity index (χ1v) is 22.6. The van der Waals surface area contributed by atoms with E-state index < -0.39 is 5.97 Å². The molecule has 324 valence electrons. The van der Waals surface area contributed by atoms with Crippen LogP contribution in [0.4, 0.5) is 11.5 Å². The van der Waals surface area contributed by atoms with Gasteiger partial charge in [-0.25, -0.2) is 10.5 Å². The lowest BCUT2D eigenvalue weighted by atomic mass is 9.93. The molecule has 5 aliphatic rings. The molecule has 1 amide bonds. The number of ether oxygens (including phenoxy) is 1. The Kier molecular flexibility index (Phi) is 13.2. The molecule has 2 aromatic heterocycles. The van der Waals surface area contributed by atoms with Crippen LogP contribution in [0.2, 0.25) is 0 Å². The average Bonchev–Trinajstić information content (AvgIpc) is 3.66. The summed E-state index contributed by atoms with van der Waals surface area (Å²) in [6, 6.07) is 12.6. The molecule has 3 aliphatic heterocycles. The lowest BCUT2D eigenvalue weighted by Crippen LogP contribution is -2.48. The number of pyridine rings is 1. The number of aromatic nitrogens is 3. The Morgan fingerprint density at radius 2 is 1.78 bits per heavy atom. The molecule has 2 aliphatic carbocycles. The second-order valence-corrected chi connectivity index (χ2v) is 18.2. The Hall–Kier alpha value is -4.82. The van der Waals surface area contributed by atoms with Crippen molar-refractivity contribution in [3.05, 3.63) is 70.3 Å². The SMILES string of the molecule is Cc1cc(C)n(-c2cc(C(CC(=O)O)CN3CCC(COc4ccc5c(n4)NCCC5)C3)cc(N3CCN(C(=O)CCCCN(N)/C4=C(\N)CCC5CC5CC4)CC3)c2)n1. The smallest absolute Gasteiger partial charge is 0.304 e. The third kappa shape index (κ3) is 10.4. The van der Waals surface area contributed by atoms with Gasteiger partial charge in [0, 0.05) is 99.5 Å². The van der Waals surface area contributed by atoms with E-state index in [0.717, 1.165) is 122 Å². The molecule has 5 heterocycles. The number of carboxylic acids is 1. The number of unbranched alkanes of at least 4 members (excludes halogenated alkanes) is 1. The minimum absolute atomic E-state index is 0.0276. The van der Waals surface area contributed by atoms with Gasteiger partial charge in [-0.3, -0.25) is 9.59 Å². The van der Waals surface area contributed by atoms with Crippen molar-refractivity contribution < 1.29 is 19.4 Å². The number of nitrogens with two attached hydrogens (primary N) is 2. The molecule has 4 unspecified atom stereocenters. The van der Waals surface area contributed by atoms with E-state index >= 15 is 0 Å². The second kappa shape index (κ2) is 18.8. The Morgan fingerprint density at radius 1 is 0.983 bits per heavy atom. The maximum absolute atomic E-state index is 13.4. The number of carboxylic acid groups (broad SMARTS) is 1. The Bertz CT molecular complexity index is 2020. The highest BCUT2D eigenvalue weighted by molar-refractivity contribution is 5.76. The van der Waals surface area contributed by atoms with Crippen molar-refractivity contribution in [2.45, 2.75) is 96.8 Å². The van der Waals surface area contributed by atoms with Crippen molar-refractivity contribution in [2.75, 3.05) is 75.7 Å². The fraction of sp³-hybridized carbons (Fsp3) is 0.609. The van der Waals surface area contributed by atoms with Crippen molar-refractivity contribution in [3.8, 4) is 11.6 Å². The molecule has 0 bridgehead atoms. The molecule has 2 saturated heterocycles. The van der Waals surface area contributed by atoms with Gasteiger partial charge < -0.3 is 40.6 Å². The van der Waals surface area contributed by atoms with Gasteiger partial charge in [0.15, 0.2) is 0 Å². The summed E-state index contributed by atoms with van der Waals surface area (Å²) < 4.78 is 8.14. The molecular formula is C46H66N10O4. The average molecular weight is 823 g/mol. The fourth-order valence-corrected chi connectivity index (χ4v) is 10.0. The fourth-order valence-electron chi connectivity index (χ4n) is 10.0. The van der Waals surface area contributed by atoms with Gasteiger partial charge in [0.2, 0.25) is 11.8 Å². The number of piperazine rings is 1. The predicted octanol–water partition coefficient (Wildman–Crippen LogP) is 5.58. The number of allylic oxidation sites excluding steroid dienone is 2. The quantitative estimate of drug-likeness (QED) is 0.0806.